The first-order valence-corrected chi connectivity index (χ1v) is 7.25. The van der Waals surface area contributed by atoms with E-state index in [1.807, 2.05) is 0 Å². The van der Waals surface area contributed by atoms with Crippen LogP contribution in [0.15, 0.2) is 4.99 Å². The number of guanidine groups is 1. The van der Waals surface area contributed by atoms with Gasteiger partial charge < -0.3 is 20.9 Å². The minimum Gasteiger partial charge on any atom is -0.370 e. The molecular weight excluding hydrogens is 365 g/mol. The predicted molar refractivity (Wildman–Crippen MR) is 97.9 cm³/mol. The molecule has 0 spiro atoms. The van der Waals surface area contributed by atoms with Gasteiger partial charge in [-0.2, -0.15) is 0 Å². The lowest BCUT2D eigenvalue weighted by Gasteiger charge is -2.34. The van der Waals surface area contributed by atoms with E-state index in [1.54, 1.807) is 0 Å². The monoisotopic (exact) mass is 397 g/mol. The minimum absolute atomic E-state index is 0. The molecule has 0 amide bonds. The highest BCUT2D eigenvalue weighted by Gasteiger charge is 2.19. The van der Waals surface area contributed by atoms with Crippen molar-refractivity contribution in [2.45, 2.75) is 45.2 Å². The maximum absolute atomic E-state index is 5.85. The van der Waals surface area contributed by atoms with Gasteiger partial charge in [0, 0.05) is 18.1 Å². The summed E-state index contributed by atoms with van der Waals surface area (Å²) in [7, 11) is 4.34. The number of nitrogens with one attached hydrogen (secondary N) is 1. The van der Waals surface area contributed by atoms with Gasteiger partial charge in [-0.3, -0.25) is 4.99 Å². The van der Waals surface area contributed by atoms with Crippen molar-refractivity contribution >= 4 is 29.9 Å². The zero-order valence-electron chi connectivity index (χ0n) is 13.6. The number of hydrogen-bond donors (Lipinski definition) is 2. The van der Waals surface area contributed by atoms with E-state index in [4.69, 9.17) is 5.73 Å². The van der Waals surface area contributed by atoms with Crippen molar-refractivity contribution < 1.29 is 0 Å². The fourth-order valence-corrected chi connectivity index (χ4v) is 2.39. The number of piperidine rings is 1. The predicted octanol–water partition coefficient (Wildman–Crippen LogP) is 1.33. The molecule has 5 nitrogen and oxygen atoms in total. The second-order valence-electron chi connectivity index (χ2n) is 6.68. The van der Waals surface area contributed by atoms with Crippen LogP contribution in [-0.2, 0) is 0 Å². The van der Waals surface area contributed by atoms with Crippen LogP contribution in [0.1, 0.15) is 33.6 Å². The van der Waals surface area contributed by atoms with Crippen LogP contribution >= 0.6 is 24.0 Å². The number of nitrogens with zero attached hydrogens (tertiary/aromatic N) is 3. The van der Waals surface area contributed by atoms with Gasteiger partial charge in [0.25, 0.3) is 0 Å². The third kappa shape index (κ3) is 8.26. The van der Waals surface area contributed by atoms with Crippen LogP contribution in [0.5, 0.6) is 0 Å². The van der Waals surface area contributed by atoms with Crippen LogP contribution < -0.4 is 11.1 Å². The number of likely N-dealkylation sites (tertiary alicyclic amines) is 1. The SMILES string of the molecule is CN(C)C1CCN(CCN=C(N)NC(C)(C)C)CC1.I. The molecular formula is C14H32IN5. The van der Waals surface area contributed by atoms with E-state index in [1.165, 1.54) is 25.9 Å². The molecule has 1 fully saturated rings. The number of rotatable bonds is 4. The molecule has 1 heterocycles. The summed E-state index contributed by atoms with van der Waals surface area (Å²) in [6.07, 6.45) is 2.51. The molecule has 0 saturated carbocycles. The summed E-state index contributed by atoms with van der Waals surface area (Å²) in [5, 5.41) is 3.18. The van der Waals surface area contributed by atoms with Gasteiger partial charge in [0.15, 0.2) is 5.96 Å². The van der Waals surface area contributed by atoms with Crippen LogP contribution in [0.4, 0.5) is 0 Å². The number of nitrogens with two attached hydrogens (primary N) is 1. The Morgan fingerprint density at radius 1 is 1.30 bits per heavy atom. The average Bonchev–Trinajstić information content (AvgIpc) is 2.27. The summed E-state index contributed by atoms with van der Waals surface area (Å²) < 4.78 is 0. The van der Waals surface area contributed by atoms with Crippen molar-refractivity contribution in [2.24, 2.45) is 10.7 Å². The molecule has 1 saturated heterocycles. The Morgan fingerprint density at radius 2 is 1.85 bits per heavy atom. The molecule has 0 aromatic heterocycles. The van der Waals surface area contributed by atoms with Gasteiger partial charge in [-0.05, 0) is 60.8 Å². The maximum atomic E-state index is 5.85. The Hall–Kier alpha value is -0.0800. The van der Waals surface area contributed by atoms with E-state index >= 15 is 0 Å². The van der Waals surface area contributed by atoms with Gasteiger partial charge in [-0.15, -0.1) is 24.0 Å². The van der Waals surface area contributed by atoms with E-state index in [0.717, 1.165) is 19.1 Å². The average molecular weight is 397 g/mol. The minimum atomic E-state index is -0.0162. The first-order chi connectivity index (χ1) is 8.78. The molecule has 20 heavy (non-hydrogen) atoms. The Bertz CT molecular complexity index is 290. The van der Waals surface area contributed by atoms with Crippen LogP contribution in [0.2, 0.25) is 0 Å². The molecule has 0 aliphatic carbocycles. The van der Waals surface area contributed by atoms with Crippen molar-refractivity contribution in [3.05, 3.63) is 0 Å². The molecule has 0 aromatic carbocycles. The molecule has 0 atom stereocenters. The molecule has 1 aliphatic heterocycles. The maximum Gasteiger partial charge on any atom is 0.189 e. The zero-order chi connectivity index (χ0) is 14.5. The fourth-order valence-electron chi connectivity index (χ4n) is 2.39. The van der Waals surface area contributed by atoms with E-state index < -0.39 is 0 Å². The molecule has 120 valence electrons. The second kappa shape index (κ2) is 9.04. The molecule has 0 aromatic rings. The zero-order valence-corrected chi connectivity index (χ0v) is 16.0. The third-order valence-electron chi connectivity index (χ3n) is 3.49. The van der Waals surface area contributed by atoms with Crippen molar-refractivity contribution in [1.82, 2.24) is 15.1 Å². The van der Waals surface area contributed by atoms with Gasteiger partial charge in [0.1, 0.15) is 0 Å². The summed E-state index contributed by atoms with van der Waals surface area (Å²) in [6, 6.07) is 0.743. The lowest BCUT2D eigenvalue weighted by molar-refractivity contribution is 0.148. The number of aliphatic imine (C=N–C) groups is 1. The van der Waals surface area contributed by atoms with Gasteiger partial charge in [0.05, 0.1) is 6.54 Å². The summed E-state index contributed by atoms with van der Waals surface area (Å²) in [5.74, 6) is 0.552. The topological polar surface area (TPSA) is 56.9 Å². The van der Waals surface area contributed by atoms with Gasteiger partial charge in [-0.25, -0.2) is 0 Å². The van der Waals surface area contributed by atoms with Crippen molar-refractivity contribution in [2.75, 3.05) is 40.3 Å². The summed E-state index contributed by atoms with van der Waals surface area (Å²) >= 11 is 0. The summed E-state index contributed by atoms with van der Waals surface area (Å²) in [6.45, 7) is 10.4. The van der Waals surface area contributed by atoms with Gasteiger partial charge in [-0.1, -0.05) is 0 Å². The van der Waals surface area contributed by atoms with Crippen molar-refractivity contribution in [1.29, 1.82) is 0 Å². The van der Waals surface area contributed by atoms with Crippen molar-refractivity contribution in [3.8, 4) is 0 Å². The Kier molecular flexibility index (Phi) is 9.01. The van der Waals surface area contributed by atoms with Crippen LogP contribution in [0.25, 0.3) is 0 Å². The van der Waals surface area contributed by atoms with Crippen LogP contribution in [-0.4, -0.2) is 67.6 Å². The molecule has 3 N–H and O–H groups in total. The fraction of sp³-hybridized carbons (Fsp3) is 0.929. The molecule has 0 bridgehead atoms. The van der Waals surface area contributed by atoms with Gasteiger partial charge in [0.2, 0.25) is 0 Å². The third-order valence-corrected chi connectivity index (χ3v) is 3.49. The van der Waals surface area contributed by atoms with Gasteiger partial charge >= 0.3 is 0 Å². The Morgan fingerprint density at radius 3 is 2.30 bits per heavy atom. The first-order valence-electron chi connectivity index (χ1n) is 7.25. The molecule has 1 rings (SSSR count). The number of halogens is 1. The normalized spacial score (nSPS) is 19.0. The smallest absolute Gasteiger partial charge is 0.189 e. The standard InChI is InChI=1S/C14H31N5.HI/c1-14(2,3)17-13(15)16-8-11-19-9-6-12(7-10-19)18(4)5;/h12H,6-11H2,1-5H3,(H3,15,16,17);1H. The Balaban J connectivity index is 0.00000361. The quantitative estimate of drug-likeness (QED) is 0.427. The van der Waals surface area contributed by atoms with E-state index in [2.05, 4.69) is 55.0 Å². The first kappa shape index (κ1) is 19.9. The molecule has 0 unspecified atom stereocenters. The van der Waals surface area contributed by atoms with Crippen LogP contribution in [0.3, 0.4) is 0 Å². The highest BCUT2D eigenvalue weighted by Crippen LogP contribution is 2.13. The van der Waals surface area contributed by atoms with E-state index in [-0.39, 0.29) is 29.5 Å². The van der Waals surface area contributed by atoms with E-state index in [0.29, 0.717) is 5.96 Å². The lowest BCUT2D eigenvalue weighted by atomic mass is 10.0. The molecule has 6 heteroatoms. The summed E-state index contributed by atoms with van der Waals surface area (Å²) in [5.41, 5.74) is 5.83. The molecule has 1 aliphatic rings. The molecule has 0 radical (unpaired) electrons. The second-order valence-corrected chi connectivity index (χ2v) is 6.68. The van der Waals surface area contributed by atoms with E-state index in [9.17, 15) is 0 Å². The number of hydrogen-bond acceptors (Lipinski definition) is 3. The Labute approximate surface area is 141 Å². The lowest BCUT2D eigenvalue weighted by Crippen LogP contribution is -2.45. The van der Waals surface area contributed by atoms with Crippen molar-refractivity contribution in [3.63, 3.8) is 0 Å². The largest absolute Gasteiger partial charge is 0.370 e. The van der Waals surface area contributed by atoms with Crippen LogP contribution in [0, 0.1) is 0 Å². The summed E-state index contributed by atoms with van der Waals surface area (Å²) in [4.78, 5) is 9.20. The highest BCUT2D eigenvalue weighted by molar-refractivity contribution is 14.0. The highest BCUT2D eigenvalue weighted by atomic mass is 127.